The fraction of sp³-hybridized carbons (Fsp3) is 0.389. The molecule has 0 saturated carbocycles. The van der Waals surface area contributed by atoms with Crippen LogP contribution in [0.1, 0.15) is 16.1 Å². The van der Waals surface area contributed by atoms with E-state index in [0.717, 1.165) is 38.5 Å². The summed E-state index contributed by atoms with van der Waals surface area (Å²) in [5.41, 5.74) is 1.37. The number of hydrogen-bond acceptors (Lipinski definition) is 6. The molecule has 0 unspecified atom stereocenters. The highest BCUT2D eigenvalue weighted by Crippen LogP contribution is 2.19. The largest absolute Gasteiger partial charge is 0.424 e. The summed E-state index contributed by atoms with van der Waals surface area (Å²) in [7, 11) is 0. The Labute approximate surface area is 147 Å². The highest BCUT2D eigenvalue weighted by atomic mass is 16.5. The summed E-state index contributed by atoms with van der Waals surface area (Å²) < 4.78 is 10.9. The van der Waals surface area contributed by atoms with E-state index in [2.05, 4.69) is 20.2 Å². The van der Waals surface area contributed by atoms with Crippen LogP contribution in [0.2, 0.25) is 0 Å². The van der Waals surface area contributed by atoms with E-state index >= 15 is 0 Å². The standard InChI is InChI=1S/C18H22N4O3/c1-14-5-6-20-18(21-14)25-16-4-2-3-15(13-16)17(23)19-7-8-22-9-11-24-12-10-22/h2-6,13H,7-12H2,1H3,(H,19,23). The molecule has 0 atom stereocenters. The first-order valence-electron chi connectivity index (χ1n) is 8.36. The summed E-state index contributed by atoms with van der Waals surface area (Å²) in [6.07, 6.45) is 1.64. The zero-order chi connectivity index (χ0) is 17.5. The first kappa shape index (κ1) is 17.3. The predicted octanol–water partition coefficient (Wildman–Crippen LogP) is 1.64. The summed E-state index contributed by atoms with van der Waals surface area (Å²) >= 11 is 0. The first-order chi connectivity index (χ1) is 12.2. The highest BCUT2D eigenvalue weighted by molar-refractivity contribution is 5.94. The van der Waals surface area contributed by atoms with Crippen molar-refractivity contribution in [2.45, 2.75) is 6.92 Å². The summed E-state index contributed by atoms with van der Waals surface area (Å²) in [5.74, 6) is 0.412. The molecule has 0 radical (unpaired) electrons. The lowest BCUT2D eigenvalue weighted by Gasteiger charge is -2.26. The summed E-state index contributed by atoms with van der Waals surface area (Å²) in [5, 5.41) is 2.94. The Kier molecular flexibility index (Phi) is 5.92. The quantitative estimate of drug-likeness (QED) is 0.860. The Hall–Kier alpha value is -2.51. The molecule has 1 aromatic heterocycles. The monoisotopic (exact) mass is 342 g/mol. The van der Waals surface area contributed by atoms with Crippen LogP contribution in [0, 0.1) is 6.92 Å². The van der Waals surface area contributed by atoms with Crippen molar-refractivity contribution >= 4 is 5.91 Å². The molecule has 0 spiro atoms. The molecule has 25 heavy (non-hydrogen) atoms. The van der Waals surface area contributed by atoms with Crippen molar-refractivity contribution in [2.75, 3.05) is 39.4 Å². The number of amides is 1. The van der Waals surface area contributed by atoms with E-state index in [1.807, 2.05) is 6.92 Å². The lowest BCUT2D eigenvalue weighted by atomic mass is 10.2. The molecule has 2 aromatic rings. The number of nitrogens with one attached hydrogen (secondary N) is 1. The summed E-state index contributed by atoms with van der Waals surface area (Å²) in [6.45, 7) is 6.63. The number of aromatic nitrogens is 2. The van der Waals surface area contributed by atoms with Gasteiger partial charge in [0.15, 0.2) is 0 Å². The number of carbonyl (C=O) groups is 1. The molecule has 0 aliphatic carbocycles. The van der Waals surface area contributed by atoms with Crippen LogP contribution in [0.3, 0.4) is 0 Å². The third-order valence-electron chi connectivity index (χ3n) is 3.90. The molecule has 3 rings (SSSR count). The predicted molar refractivity (Wildman–Crippen MR) is 92.9 cm³/mol. The minimum absolute atomic E-state index is 0.121. The van der Waals surface area contributed by atoms with Gasteiger partial charge in [-0.2, -0.15) is 0 Å². The summed E-state index contributed by atoms with van der Waals surface area (Å²) in [4.78, 5) is 22.8. The van der Waals surface area contributed by atoms with Crippen molar-refractivity contribution in [3.05, 3.63) is 47.8 Å². The Morgan fingerprint density at radius 1 is 1.32 bits per heavy atom. The van der Waals surface area contributed by atoms with Crippen LogP contribution in [-0.2, 0) is 4.74 Å². The summed E-state index contributed by atoms with van der Waals surface area (Å²) in [6, 6.07) is 9.07. The maximum Gasteiger partial charge on any atom is 0.322 e. The van der Waals surface area contributed by atoms with Gasteiger partial charge in [0.2, 0.25) is 0 Å². The van der Waals surface area contributed by atoms with Crippen molar-refractivity contribution in [3.8, 4) is 11.8 Å². The molecule has 1 N–H and O–H groups in total. The van der Waals surface area contributed by atoms with Crippen LogP contribution >= 0.6 is 0 Å². The Morgan fingerprint density at radius 2 is 2.16 bits per heavy atom. The van der Waals surface area contributed by atoms with Gasteiger partial charge < -0.3 is 14.8 Å². The number of benzene rings is 1. The van der Waals surface area contributed by atoms with Crippen molar-refractivity contribution < 1.29 is 14.3 Å². The van der Waals surface area contributed by atoms with Crippen LogP contribution in [0.25, 0.3) is 0 Å². The minimum atomic E-state index is -0.121. The Bertz CT molecular complexity index is 717. The molecule has 1 aliphatic heterocycles. The molecule has 1 saturated heterocycles. The van der Waals surface area contributed by atoms with Crippen LogP contribution in [0.5, 0.6) is 11.8 Å². The van der Waals surface area contributed by atoms with Gasteiger partial charge in [-0.25, -0.2) is 9.97 Å². The molecule has 1 amide bonds. The molecule has 1 aliphatic rings. The Morgan fingerprint density at radius 3 is 2.96 bits per heavy atom. The van der Waals surface area contributed by atoms with Crippen LogP contribution in [0.4, 0.5) is 0 Å². The number of rotatable bonds is 6. The second-order valence-corrected chi connectivity index (χ2v) is 5.82. The van der Waals surface area contributed by atoms with E-state index in [-0.39, 0.29) is 11.9 Å². The molecular weight excluding hydrogens is 320 g/mol. The molecule has 1 aromatic carbocycles. The third-order valence-corrected chi connectivity index (χ3v) is 3.90. The third kappa shape index (κ3) is 5.23. The lowest BCUT2D eigenvalue weighted by Crippen LogP contribution is -2.41. The van der Waals surface area contributed by atoms with Crippen molar-refractivity contribution in [3.63, 3.8) is 0 Å². The van der Waals surface area contributed by atoms with E-state index < -0.39 is 0 Å². The Balaban J connectivity index is 1.54. The van der Waals surface area contributed by atoms with Gasteiger partial charge in [-0.1, -0.05) is 6.07 Å². The molecule has 132 valence electrons. The molecule has 2 heterocycles. The van der Waals surface area contributed by atoms with Gasteiger partial charge in [-0.05, 0) is 31.2 Å². The van der Waals surface area contributed by atoms with Crippen LogP contribution < -0.4 is 10.1 Å². The van der Waals surface area contributed by atoms with Gasteiger partial charge >= 0.3 is 6.01 Å². The highest BCUT2D eigenvalue weighted by Gasteiger charge is 2.11. The number of morpholine rings is 1. The van der Waals surface area contributed by atoms with Gasteiger partial charge in [0.05, 0.1) is 13.2 Å². The van der Waals surface area contributed by atoms with Gasteiger partial charge in [0.25, 0.3) is 5.91 Å². The van der Waals surface area contributed by atoms with Gasteiger partial charge in [0, 0.05) is 43.6 Å². The van der Waals surface area contributed by atoms with E-state index in [4.69, 9.17) is 9.47 Å². The zero-order valence-corrected chi connectivity index (χ0v) is 14.3. The fourth-order valence-electron chi connectivity index (χ4n) is 2.54. The molecule has 1 fully saturated rings. The maximum absolute atomic E-state index is 12.3. The van der Waals surface area contributed by atoms with Gasteiger partial charge in [-0.15, -0.1) is 0 Å². The second kappa shape index (κ2) is 8.55. The van der Waals surface area contributed by atoms with Crippen molar-refractivity contribution in [2.24, 2.45) is 0 Å². The SMILES string of the molecule is Cc1ccnc(Oc2cccc(C(=O)NCCN3CCOCC3)c2)n1. The van der Waals surface area contributed by atoms with E-state index in [0.29, 0.717) is 17.9 Å². The minimum Gasteiger partial charge on any atom is -0.424 e. The lowest BCUT2D eigenvalue weighted by molar-refractivity contribution is 0.0383. The number of nitrogens with zero attached hydrogens (tertiary/aromatic N) is 3. The van der Waals surface area contributed by atoms with Crippen molar-refractivity contribution in [1.29, 1.82) is 0 Å². The van der Waals surface area contributed by atoms with Crippen LogP contribution in [0.15, 0.2) is 36.5 Å². The maximum atomic E-state index is 12.3. The van der Waals surface area contributed by atoms with Crippen molar-refractivity contribution in [1.82, 2.24) is 20.2 Å². The molecule has 0 bridgehead atoms. The smallest absolute Gasteiger partial charge is 0.322 e. The normalized spacial score (nSPS) is 14.9. The first-order valence-corrected chi connectivity index (χ1v) is 8.36. The average Bonchev–Trinajstić information content (AvgIpc) is 2.63. The number of carbonyl (C=O) groups excluding carboxylic acids is 1. The number of ether oxygens (including phenoxy) is 2. The van der Waals surface area contributed by atoms with E-state index in [9.17, 15) is 4.79 Å². The average molecular weight is 342 g/mol. The molecule has 7 heteroatoms. The fourth-order valence-corrected chi connectivity index (χ4v) is 2.54. The van der Waals surface area contributed by atoms with Gasteiger partial charge in [-0.3, -0.25) is 9.69 Å². The van der Waals surface area contributed by atoms with E-state index in [1.54, 1.807) is 36.5 Å². The van der Waals surface area contributed by atoms with Crippen LogP contribution in [-0.4, -0.2) is 60.2 Å². The number of aryl methyl sites for hydroxylation is 1. The van der Waals surface area contributed by atoms with E-state index in [1.165, 1.54) is 0 Å². The number of hydrogen-bond donors (Lipinski definition) is 1. The van der Waals surface area contributed by atoms with Gasteiger partial charge in [0.1, 0.15) is 5.75 Å². The zero-order valence-electron chi connectivity index (χ0n) is 14.3. The topological polar surface area (TPSA) is 76.6 Å². The second-order valence-electron chi connectivity index (χ2n) is 5.82. The molecule has 7 nitrogen and oxygen atoms in total. The molecular formula is C18H22N4O3.